The number of aliphatic hydroxyl groups excluding tert-OH is 1. The lowest BCUT2D eigenvalue weighted by atomic mass is 9.88. The minimum atomic E-state index is -1.54. The van der Waals surface area contributed by atoms with E-state index in [4.69, 9.17) is 18.9 Å². The van der Waals surface area contributed by atoms with Gasteiger partial charge in [-0.25, -0.2) is 0 Å². The lowest BCUT2D eigenvalue weighted by molar-refractivity contribution is -0.145. The lowest BCUT2D eigenvalue weighted by Crippen LogP contribution is -2.63. The number of benzene rings is 3. The number of nitrogens with one attached hydrogen (secondary N) is 4. The standard InChI is InChI=1S/C38H43N5O10/c1-23-33(45)41-29(20-25-6-4-3-5-7-25)34(46)39-16-19-50-27-9-11-28(12-10-27)53-38(37(49)42-32(24(2)44)35(47)40-23)14-17-43(18-15-38)36(48)26-8-13-30-31(21-26)52-22-51-30/h3-13,21,23-24,29,32,44H,14-20,22H2,1-2H3,(H,39,46)(H,40,47)(H,41,45)(H,42,49)/t23-,24+,29-,32?/m0/s1. The summed E-state index contributed by atoms with van der Waals surface area (Å²) in [7, 11) is 0. The number of hydrogen-bond acceptors (Lipinski definition) is 10. The molecule has 4 heterocycles. The molecule has 7 rings (SSSR count). The summed E-state index contributed by atoms with van der Waals surface area (Å²) in [4.78, 5) is 69.4. The van der Waals surface area contributed by atoms with Gasteiger partial charge in [0.2, 0.25) is 24.5 Å². The molecule has 3 aromatic carbocycles. The minimum absolute atomic E-state index is 0.0584. The highest BCUT2D eigenvalue weighted by molar-refractivity contribution is 5.97. The van der Waals surface area contributed by atoms with E-state index in [2.05, 4.69) is 21.3 Å². The highest BCUT2D eigenvalue weighted by Crippen LogP contribution is 2.35. The van der Waals surface area contributed by atoms with Crippen molar-refractivity contribution >= 4 is 29.5 Å². The average molecular weight is 730 g/mol. The van der Waals surface area contributed by atoms with Gasteiger partial charge in [0.25, 0.3) is 11.8 Å². The molecule has 1 fully saturated rings. The normalized spacial score (nSPS) is 22.7. The highest BCUT2D eigenvalue weighted by atomic mass is 16.7. The van der Waals surface area contributed by atoms with Crippen molar-refractivity contribution in [1.29, 1.82) is 0 Å². The van der Waals surface area contributed by atoms with Crippen LogP contribution in [0.2, 0.25) is 0 Å². The van der Waals surface area contributed by atoms with E-state index in [1.807, 2.05) is 30.3 Å². The van der Waals surface area contributed by atoms with Crippen LogP contribution in [0, 0.1) is 0 Å². The zero-order chi connectivity index (χ0) is 37.5. The van der Waals surface area contributed by atoms with Gasteiger partial charge in [-0.2, -0.15) is 0 Å². The summed E-state index contributed by atoms with van der Waals surface area (Å²) in [5, 5.41) is 21.4. The molecule has 1 saturated heterocycles. The Morgan fingerprint density at radius 1 is 0.849 bits per heavy atom. The number of ether oxygens (including phenoxy) is 4. The average Bonchev–Trinajstić information content (AvgIpc) is 3.64. The van der Waals surface area contributed by atoms with Crippen LogP contribution < -0.4 is 40.2 Å². The van der Waals surface area contributed by atoms with Gasteiger partial charge >= 0.3 is 0 Å². The molecule has 15 nitrogen and oxygen atoms in total. The molecule has 4 aliphatic heterocycles. The second-order valence-corrected chi connectivity index (χ2v) is 13.2. The second kappa shape index (κ2) is 16.2. The van der Waals surface area contributed by atoms with Gasteiger partial charge in [0.15, 0.2) is 17.1 Å². The number of fused-ring (bicyclic) bond motifs is 16. The van der Waals surface area contributed by atoms with Gasteiger partial charge in [-0.1, -0.05) is 30.3 Å². The Labute approximate surface area is 306 Å². The Morgan fingerprint density at radius 2 is 1.55 bits per heavy atom. The first-order chi connectivity index (χ1) is 25.5. The molecule has 3 aromatic rings. The Bertz CT molecular complexity index is 1810. The molecule has 0 aliphatic carbocycles. The van der Waals surface area contributed by atoms with Gasteiger partial charge in [-0.3, -0.25) is 24.0 Å². The molecule has 0 radical (unpaired) electrons. The molecule has 2 bridgehead atoms. The number of rotatable bonds is 4. The second-order valence-electron chi connectivity index (χ2n) is 13.2. The van der Waals surface area contributed by atoms with Crippen molar-refractivity contribution in [2.24, 2.45) is 0 Å². The Kier molecular flexibility index (Phi) is 11.3. The van der Waals surface area contributed by atoms with Crippen molar-refractivity contribution < 1.29 is 48.0 Å². The number of carbonyl (C=O) groups is 5. The summed E-state index contributed by atoms with van der Waals surface area (Å²) < 4.78 is 23.0. The first-order valence-electron chi connectivity index (χ1n) is 17.5. The number of hydrogen-bond donors (Lipinski definition) is 5. The smallest absolute Gasteiger partial charge is 0.265 e. The van der Waals surface area contributed by atoms with Crippen LogP contribution in [0.4, 0.5) is 0 Å². The summed E-state index contributed by atoms with van der Waals surface area (Å²) in [6.07, 6.45) is -1.06. The molecular weight excluding hydrogens is 686 g/mol. The van der Waals surface area contributed by atoms with Crippen LogP contribution in [0.5, 0.6) is 23.0 Å². The number of likely N-dealkylation sites (tertiary alicyclic amines) is 1. The fourth-order valence-electron chi connectivity index (χ4n) is 6.36. The summed E-state index contributed by atoms with van der Waals surface area (Å²) in [5.41, 5.74) is -0.329. The van der Waals surface area contributed by atoms with Crippen LogP contribution in [0.25, 0.3) is 0 Å². The Balaban J connectivity index is 1.22. The highest BCUT2D eigenvalue weighted by Gasteiger charge is 2.47. The number of amides is 5. The van der Waals surface area contributed by atoms with E-state index in [9.17, 15) is 29.1 Å². The molecule has 4 aliphatic rings. The van der Waals surface area contributed by atoms with Gasteiger partial charge in [-0.15, -0.1) is 0 Å². The van der Waals surface area contributed by atoms with Crippen LogP contribution in [0.3, 0.4) is 0 Å². The maximum absolute atomic E-state index is 14.2. The van der Waals surface area contributed by atoms with Crippen molar-refractivity contribution in [3.05, 3.63) is 83.9 Å². The van der Waals surface area contributed by atoms with Crippen molar-refractivity contribution in [2.75, 3.05) is 33.0 Å². The topological polar surface area (TPSA) is 194 Å². The summed E-state index contributed by atoms with van der Waals surface area (Å²) >= 11 is 0. The van der Waals surface area contributed by atoms with E-state index in [0.29, 0.717) is 28.6 Å². The molecular formula is C38H43N5O10. The van der Waals surface area contributed by atoms with E-state index < -0.39 is 53.5 Å². The number of aliphatic hydroxyl groups is 1. The van der Waals surface area contributed by atoms with Crippen LogP contribution in [0.15, 0.2) is 72.8 Å². The predicted octanol–water partition coefficient (Wildman–Crippen LogP) is 1.08. The van der Waals surface area contributed by atoms with Gasteiger partial charge in [0.05, 0.1) is 12.6 Å². The first-order valence-corrected chi connectivity index (χ1v) is 17.5. The molecule has 1 unspecified atom stereocenters. The van der Waals surface area contributed by atoms with Crippen LogP contribution in [-0.4, -0.2) is 102 Å². The van der Waals surface area contributed by atoms with Crippen molar-refractivity contribution in [1.82, 2.24) is 26.2 Å². The molecule has 0 aromatic heterocycles. The number of piperidine rings is 1. The number of carbonyl (C=O) groups excluding carboxylic acids is 5. The summed E-state index contributed by atoms with van der Waals surface area (Å²) in [6.45, 7) is 3.40. The van der Waals surface area contributed by atoms with Crippen molar-refractivity contribution in [3.63, 3.8) is 0 Å². The van der Waals surface area contributed by atoms with E-state index in [-0.39, 0.29) is 58.2 Å². The third kappa shape index (κ3) is 8.80. The molecule has 15 heteroatoms. The van der Waals surface area contributed by atoms with E-state index in [1.54, 1.807) is 47.4 Å². The van der Waals surface area contributed by atoms with E-state index in [1.165, 1.54) is 13.8 Å². The Hall–Kier alpha value is -5.83. The molecule has 0 saturated carbocycles. The summed E-state index contributed by atoms with van der Waals surface area (Å²) in [6, 6.07) is 17.1. The largest absolute Gasteiger partial charge is 0.492 e. The maximum atomic E-state index is 14.2. The SMILES string of the molecule is C[C@@H]1NC(=O)C([C@@H](C)O)NC(=O)C2(CCN(C(=O)c3ccc4c(c3)OCO4)CC2)Oc2ccc(cc2)OCCNC(=O)[C@H](Cc2ccccc2)NC1=O. The van der Waals surface area contributed by atoms with Crippen LogP contribution in [-0.2, 0) is 25.6 Å². The van der Waals surface area contributed by atoms with Crippen molar-refractivity contribution in [3.8, 4) is 23.0 Å². The molecule has 5 N–H and O–H groups in total. The number of nitrogens with zero attached hydrogens (tertiary/aromatic N) is 1. The third-order valence-corrected chi connectivity index (χ3v) is 9.42. The molecule has 5 amide bonds. The van der Waals surface area contributed by atoms with E-state index >= 15 is 0 Å². The third-order valence-electron chi connectivity index (χ3n) is 9.42. The predicted molar refractivity (Wildman–Crippen MR) is 189 cm³/mol. The minimum Gasteiger partial charge on any atom is -0.492 e. The van der Waals surface area contributed by atoms with Crippen molar-refractivity contribution in [2.45, 2.75) is 62.9 Å². The monoisotopic (exact) mass is 729 g/mol. The lowest BCUT2D eigenvalue weighted by Gasteiger charge is -2.41. The van der Waals surface area contributed by atoms with Gasteiger partial charge < -0.3 is 50.2 Å². The molecule has 4 atom stereocenters. The van der Waals surface area contributed by atoms with Crippen LogP contribution >= 0.6 is 0 Å². The molecule has 280 valence electrons. The van der Waals surface area contributed by atoms with Gasteiger partial charge in [0, 0.05) is 37.9 Å². The first kappa shape index (κ1) is 36.9. The maximum Gasteiger partial charge on any atom is 0.265 e. The quantitative estimate of drug-likeness (QED) is 0.243. The molecule has 53 heavy (non-hydrogen) atoms. The zero-order valence-electron chi connectivity index (χ0n) is 29.5. The Morgan fingerprint density at radius 3 is 2.26 bits per heavy atom. The van der Waals surface area contributed by atoms with Crippen LogP contribution in [0.1, 0.15) is 42.6 Å². The fraction of sp³-hybridized carbons (Fsp3) is 0.395. The van der Waals surface area contributed by atoms with E-state index in [0.717, 1.165) is 5.56 Å². The van der Waals surface area contributed by atoms with Gasteiger partial charge in [-0.05, 0) is 61.9 Å². The fourth-order valence-corrected chi connectivity index (χ4v) is 6.36. The zero-order valence-corrected chi connectivity index (χ0v) is 29.5. The van der Waals surface area contributed by atoms with Gasteiger partial charge in [0.1, 0.15) is 36.2 Å². The summed E-state index contributed by atoms with van der Waals surface area (Å²) in [5.74, 6) is -1.00. The molecule has 1 spiro atoms.